The Bertz CT molecular complexity index is 572. The van der Waals surface area contributed by atoms with Gasteiger partial charge in [0.1, 0.15) is 4.64 Å². The normalized spacial score (nSPS) is 27.2. The summed E-state index contributed by atoms with van der Waals surface area (Å²) >= 11 is 5.29. The van der Waals surface area contributed by atoms with Crippen molar-refractivity contribution in [3.63, 3.8) is 0 Å². The van der Waals surface area contributed by atoms with E-state index in [-0.39, 0.29) is 5.69 Å². The van der Waals surface area contributed by atoms with Crippen LogP contribution in [0.5, 0.6) is 0 Å². The van der Waals surface area contributed by atoms with Crippen LogP contribution < -0.4 is 5.69 Å². The second-order valence-electron chi connectivity index (χ2n) is 5.74. The van der Waals surface area contributed by atoms with Gasteiger partial charge < -0.3 is 0 Å². The van der Waals surface area contributed by atoms with Crippen molar-refractivity contribution in [2.24, 2.45) is 5.92 Å². The Morgan fingerprint density at radius 2 is 2.00 bits per heavy atom. The van der Waals surface area contributed by atoms with Crippen LogP contribution in [0, 0.1) is 10.6 Å². The summed E-state index contributed by atoms with van der Waals surface area (Å²) in [5.74, 6) is 0.602. The Kier molecular flexibility index (Phi) is 3.14. The van der Waals surface area contributed by atoms with Crippen LogP contribution in [0.2, 0.25) is 0 Å². The van der Waals surface area contributed by atoms with Crippen molar-refractivity contribution < 1.29 is 0 Å². The molecule has 0 aromatic carbocycles. The highest BCUT2D eigenvalue weighted by atomic mass is 32.1. The topological polar surface area (TPSA) is 37.8 Å². The van der Waals surface area contributed by atoms with Crippen molar-refractivity contribution >= 4 is 12.2 Å². The summed E-state index contributed by atoms with van der Waals surface area (Å²) in [6, 6.07) is 0.380. The van der Waals surface area contributed by atoms with E-state index in [0.29, 0.717) is 16.6 Å². The number of nitrogens with one attached hydrogen (secondary N) is 1. The third-order valence-corrected chi connectivity index (χ3v) is 4.94. The second-order valence-corrected chi connectivity index (χ2v) is 6.15. The van der Waals surface area contributed by atoms with Crippen LogP contribution in [0.1, 0.15) is 56.3 Å². The SMILES string of the molecule is CC1CCCCC1n1c2c(c(=S)[nH]c1=O)CCC2. The summed E-state index contributed by atoms with van der Waals surface area (Å²) in [6.07, 6.45) is 8.11. The average Bonchev–Trinajstić information content (AvgIpc) is 2.81. The number of nitrogens with zero attached hydrogens (tertiary/aromatic N) is 1. The molecule has 98 valence electrons. The van der Waals surface area contributed by atoms with Gasteiger partial charge in [0.05, 0.1) is 0 Å². The number of H-pyrrole nitrogens is 1. The van der Waals surface area contributed by atoms with Crippen LogP contribution in [0.4, 0.5) is 0 Å². The Morgan fingerprint density at radius 3 is 2.78 bits per heavy atom. The highest BCUT2D eigenvalue weighted by Gasteiger charge is 2.28. The molecule has 0 spiro atoms. The van der Waals surface area contributed by atoms with E-state index in [2.05, 4.69) is 11.9 Å². The summed E-state index contributed by atoms with van der Waals surface area (Å²) in [4.78, 5) is 15.2. The molecule has 2 aliphatic carbocycles. The van der Waals surface area contributed by atoms with E-state index in [1.165, 1.54) is 30.5 Å². The zero-order chi connectivity index (χ0) is 12.7. The molecule has 1 fully saturated rings. The zero-order valence-electron chi connectivity index (χ0n) is 10.9. The van der Waals surface area contributed by atoms with E-state index in [9.17, 15) is 4.79 Å². The number of fused-ring (bicyclic) bond motifs is 1. The van der Waals surface area contributed by atoms with Crippen LogP contribution in [-0.4, -0.2) is 9.55 Å². The molecule has 1 N–H and O–H groups in total. The molecule has 4 heteroatoms. The fourth-order valence-electron chi connectivity index (χ4n) is 3.62. The van der Waals surface area contributed by atoms with Gasteiger partial charge in [-0.25, -0.2) is 4.79 Å². The fraction of sp³-hybridized carbons (Fsp3) is 0.714. The van der Waals surface area contributed by atoms with Gasteiger partial charge in [0.15, 0.2) is 0 Å². The standard InChI is InChI=1S/C14H20N2OS/c1-9-5-2-3-7-11(9)16-12-8-4-6-10(12)13(18)15-14(16)17/h9,11H,2-8H2,1H3,(H,15,17,18). The molecule has 18 heavy (non-hydrogen) atoms. The molecule has 3 nitrogen and oxygen atoms in total. The van der Waals surface area contributed by atoms with Crippen molar-refractivity contribution in [1.82, 2.24) is 9.55 Å². The zero-order valence-corrected chi connectivity index (χ0v) is 11.7. The molecule has 1 heterocycles. The number of hydrogen-bond acceptors (Lipinski definition) is 2. The van der Waals surface area contributed by atoms with Crippen LogP contribution in [-0.2, 0) is 12.8 Å². The Balaban J connectivity index is 2.14. The predicted octanol–water partition coefficient (Wildman–Crippen LogP) is 3.15. The first kappa shape index (κ1) is 12.2. The minimum Gasteiger partial charge on any atom is -0.298 e. The molecule has 3 rings (SSSR count). The maximum Gasteiger partial charge on any atom is 0.326 e. The maximum absolute atomic E-state index is 12.3. The Labute approximate surface area is 112 Å². The first-order chi connectivity index (χ1) is 8.68. The molecule has 0 aliphatic heterocycles. The van der Waals surface area contributed by atoms with Crippen molar-refractivity contribution in [2.75, 3.05) is 0 Å². The Morgan fingerprint density at radius 1 is 1.22 bits per heavy atom. The van der Waals surface area contributed by atoms with Crippen molar-refractivity contribution in [2.45, 2.75) is 57.9 Å². The van der Waals surface area contributed by atoms with E-state index in [1.807, 2.05) is 4.57 Å². The average molecular weight is 264 g/mol. The number of rotatable bonds is 1. The van der Waals surface area contributed by atoms with Crippen molar-refractivity contribution in [3.8, 4) is 0 Å². The van der Waals surface area contributed by atoms with Gasteiger partial charge in [0.2, 0.25) is 0 Å². The third-order valence-electron chi connectivity index (χ3n) is 4.59. The highest BCUT2D eigenvalue weighted by molar-refractivity contribution is 7.71. The lowest BCUT2D eigenvalue weighted by Gasteiger charge is -2.32. The van der Waals surface area contributed by atoms with E-state index in [4.69, 9.17) is 12.2 Å². The van der Waals surface area contributed by atoms with Crippen LogP contribution in [0.15, 0.2) is 4.79 Å². The summed E-state index contributed by atoms with van der Waals surface area (Å²) in [6.45, 7) is 2.28. The van der Waals surface area contributed by atoms with E-state index >= 15 is 0 Å². The lowest BCUT2D eigenvalue weighted by atomic mass is 9.85. The molecule has 0 amide bonds. The van der Waals surface area contributed by atoms with Gasteiger partial charge in [-0.05, 0) is 38.0 Å². The molecule has 0 bridgehead atoms. The smallest absolute Gasteiger partial charge is 0.298 e. The van der Waals surface area contributed by atoms with E-state index in [1.54, 1.807) is 0 Å². The Hall–Kier alpha value is -0.900. The molecule has 1 aromatic heterocycles. The van der Waals surface area contributed by atoms with Gasteiger partial charge in [-0.1, -0.05) is 32.0 Å². The molecule has 2 aliphatic rings. The van der Waals surface area contributed by atoms with Gasteiger partial charge in [-0.15, -0.1) is 0 Å². The van der Waals surface area contributed by atoms with Gasteiger partial charge >= 0.3 is 5.69 Å². The van der Waals surface area contributed by atoms with Crippen LogP contribution in [0.25, 0.3) is 0 Å². The molecule has 1 aromatic rings. The maximum atomic E-state index is 12.3. The molecular formula is C14H20N2OS. The lowest BCUT2D eigenvalue weighted by molar-refractivity contribution is 0.245. The monoisotopic (exact) mass is 264 g/mol. The van der Waals surface area contributed by atoms with Gasteiger partial charge in [0.25, 0.3) is 0 Å². The molecule has 2 unspecified atom stereocenters. The molecule has 0 radical (unpaired) electrons. The molecule has 0 saturated heterocycles. The molecule has 1 saturated carbocycles. The largest absolute Gasteiger partial charge is 0.326 e. The van der Waals surface area contributed by atoms with Gasteiger partial charge in [-0.3, -0.25) is 9.55 Å². The lowest BCUT2D eigenvalue weighted by Crippen LogP contribution is -2.34. The highest BCUT2D eigenvalue weighted by Crippen LogP contribution is 2.35. The number of hydrogen-bond donors (Lipinski definition) is 1. The second kappa shape index (κ2) is 4.65. The summed E-state index contributed by atoms with van der Waals surface area (Å²) in [7, 11) is 0. The van der Waals surface area contributed by atoms with Crippen molar-refractivity contribution in [3.05, 3.63) is 26.4 Å². The predicted molar refractivity (Wildman–Crippen MR) is 74.6 cm³/mol. The first-order valence-electron chi connectivity index (χ1n) is 7.05. The number of aromatic amines is 1. The van der Waals surface area contributed by atoms with Gasteiger partial charge in [-0.2, -0.15) is 0 Å². The summed E-state index contributed by atoms with van der Waals surface area (Å²) in [5, 5.41) is 0. The van der Waals surface area contributed by atoms with Gasteiger partial charge in [0, 0.05) is 17.3 Å². The minimum absolute atomic E-state index is 0.0133. The fourth-order valence-corrected chi connectivity index (χ4v) is 3.93. The first-order valence-corrected chi connectivity index (χ1v) is 7.46. The molecular weight excluding hydrogens is 244 g/mol. The summed E-state index contributed by atoms with van der Waals surface area (Å²) in [5.41, 5.74) is 2.46. The van der Waals surface area contributed by atoms with Crippen LogP contribution in [0.3, 0.4) is 0 Å². The quantitative estimate of drug-likeness (QED) is 0.791. The van der Waals surface area contributed by atoms with Crippen molar-refractivity contribution in [1.29, 1.82) is 0 Å². The summed E-state index contributed by atoms with van der Waals surface area (Å²) < 4.78 is 2.72. The van der Waals surface area contributed by atoms with E-state index in [0.717, 1.165) is 25.7 Å². The van der Waals surface area contributed by atoms with Crippen LogP contribution >= 0.6 is 12.2 Å². The molecule has 2 atom stereocenters. The number of aromatic nitrogens is 2. The minimum atomic E-state index is 0.0133. The third kappa shape index (κ3) is 1.87. The van der Waals surface area contributed by atoms with E-state index < -0.39 is 0 Å².